The quantitative estimate of drug-likeness (QED) is 0.689. The zero-order chi connectivity index (χ0) is 18.0. The van der Waals surface area contributed by atoms with E-state index in [0.717, 1.165) is 11.1 Å². The third kappa shape index (κ3) is 3.50. The largest absolute Gasteiger partial charge is 0.493 e. The van der Waals surface area contributed by atoms with Gasteiger partial charge in [-0.3, -0.25) is 0 Å². The third-order valence-electron chi connectivity index (χ3n) is 4.05. The average Bonchev–Trinajstić information content (AvgIpc) is 3.10. The number of rotatable bonds is 4. The first-order chi connectivity index (χ1) is 11.9. The van der Waals surface area contributed by atoms with Crippen LogP contribution in [0.3, 0.4) is 0 Å². The van der Waals surface area contributed by atoms with Gasteiger partial charge in [0.05, 0.1) is 14.2 Å². The van der Waals surface area contributed by atoms with Crippen molar-refractivity contribution in [3.63, 3.8) is 0 Å². The fourth-order valence-corrected chi connectivity index (χ4v) is 2.54. The van der Waals surface area contributed by atoms with E-state index in [1.54, 1.807) is 14.2 Å². The van der Waals surface area contributed by atoms with Crippen LogP contribution in [0.5, 0.6) is 11.5 Å². The molecule has 0 radical (unpaired) electrons. The SMILES string of the molecule is COc1ccc(-c2nnc(-c3ccc(C(C)(C)C)cc3)o2)cc1OC. The summed E-state index contributed by atoms with van der Waals surface area (Å²) in [7, 11) is 3.20. The molecule has 0 saturated heterocycles. The molecule has 0 amide bonds. The van der Waals surface area contributed by atoms with Gasteiger partial charge < -0.3 is 13.9 Å². The Morgan fingerprint density at radius 3 is 1.88 bits per heavy atom. The van der Waals surface area contributed by atoms with E-state index in [1.165, 1.54) is 5.56 Å². The normalized spacial score (nSPS) is 11.4. The van der Waals surface area contributed by atoms with Crippen LogP contribution in [-0.4, -0.2) is 24.4 Å². The molecule has 3 rings (SSSR count). The van der Waals surface area contributed by atoms with E-state index < -0.39 is 0 Å². The summed E-state index contributed by atoms with van der Waals surface area (Å²) >= 11 is 0. The molecule has 0 saturated carbocycles. The van der Waals surface area contributed by atoms with Gasteiger partial charge in [-0.15, -0.1) is 10.2 Å². The molecule has 0 atom stereocenters. The molecule has 0 fully saturated rings. The molecule has 0 spiro atoms. The van der Waals surface area contributed by atoms with Crippen LogP contribution in [0.1, 0.15) is 26.3 Å². The van der Waals surface area contributed by atoms with Crippen LogP contribution in [0, 0.1) is 0 Å². The number of aromatic nitrogens is 2. The standard InChI is InChI=1S/C20H22N2O3/c1-20(2,3)15-9-6-13(7-10-15)18-21-22-19(25-18)14-8-11-16(23-4)17(12-14)24-5/h6-12H,1-5H3. The second-order valence-corrected chi connectivity index (χ2v) is 6.81. The summed E-state index contributed by atoms with van der Waals surface area (Å²) in [4.78, 5) is 0. The minimum absolute atomic E-state index is 0.109. The highest BCUT2D eigenvalue weighted by Crippen LogP contribution is 2.33. The van der Waals surface area contributed by atoms with Crippen molar-refractivity contribution in [3.05, 3.63) is 48.0 Å². The van der Waals surface area contributed by atoms with Crippen molar-refractivity contribution in [3.8, 4) is 34.4 Å². The second-order valence-electron chi connectivity index (χ2n) is 6.81. The lowest BCUT2D eigenvalue weighted by Crippen LogP contribution is -2.10. The molecule has 2 aromatic carbocycles. The van der Waals surface area contributed by atoms with Crippen LogP contribution in [0.15, 0.2) is 46.9 Å². The number of hydrogen-bond acceptors (Lipinski definition) is 5. The van der Waals surface area contributed by atoms with Crippen molar-refractivity contribution in [2.75, 3.05) is 14.2 Å². The van der Waals surface area contributed by atoms with Gasteiger partial charge in [-0.2, -0.15) is 0 Å². The van der Waals surface area contributed by atoms with Gasteiger partial charge in [-0.05, 0) is 41.3 Å². The Morgan fingerprint density at radius 1 is 0.760 bits per heavy atom. The highest BCUT2D eigenvalue weighted by atomic mass is 16.5. The van der Waals surface area contributed by atoms with Gasteiger partial charge in [-0.1, -0.05) is 32.9 Å². The summed E-state index contributed by atoms with van der Waals surface area (Å²) < 4.78 is 16.4. The van der Waals surface area contributed by atoms with Gasteiger partial charge in [0.25, 0.3) is 0 Å². The molecule has 3 aromatic rings. The Morgan fingerprint density at radius 2 is 1.32 bits per heavy atom. The van der Waals surface area contributed by atoms with Crippen LogP contribution >= 0.6 is 0 Å². The fraction of sp³-hybridized carbons (Fsp3) is 0.300. The predicted molar refractivity (Wildman–Crippen MR) is 97.0 cm³/mol. The molecule has 5 nitrogen and oxygen atoms in total. The Bertz CT molecular complexity index is 861. The Kier molecular flexibility index (Phi) is 4.49. The number of hydrogen-bond donors (Lipinski definition) is 0. The number of nitrogens with zero attached hydrogens (tertiary/aromatic N) is 2. The molecule has 1 aromatic heterocycles. The molecule has 130 valence electrons. The molecule has 0 unspecified atom stereocenters. The summed E-state index contributed by atoms with van der Waals surface area (Å²) in [6.07, 6.45) is 0. The van der Waals surface area contributed by atoms with Crippen LogP contribution in [0.4, 0.5) is 0 Å². The van der Waals surface area contributed by atoms with E-state index in [-0.39, 0.29) is 5.41 Å². The van der Waals surface area contributed by atoms with Crippen molar-refractivity contribution >= 4 is 0 Å². The number of methoxy groups -OCH3 is 2. The monoisotopic (exact) mass is 338 g/mol. The van der Waals surface area contributed by atoms with Crippen molar-refractivity contribution in [2.45, 2.75) is 26.2 Å². The molecule has 0 aliphatic heterocycles. The topological polar surface area (TPSA) is 57.4 Å². The number of ether oxygens (including phenoxy) is 2. The highest BCUT2D eigenvalue weighted by molar-refractivity contribution is 5.62. The first-order valence-corrected chi connectivity index (χ1v) is 8.09. The van der Waals surface area contributed by atoms with Crippen molar-refractivity contribution in [2.24, 2.45) is 0 Å². The second kappa shape index (κ2) is 6.59. The van der Waals surface area contributed by atoms with E-state index in [2.05, 4.69) is 43.1 Å². The molecular weight excluding hydrogens is 316 g/mol. The predicted octanol–water partition coefficient (Wildman–Crippen LogP) is 4.72. The lowest BCUT2D eigenvalue weighted by Gasteiger charge is -2.18. The smallest absolute Gasteiger partial charge is 0.248 e. The lowest BCUT2D eigenvalue weighted by atomic mass is 9.87. The summed E-state index contributed by atoms with van der Waals surface area (Å²) in [5.74, 6) is 2.21. The maximum atomic E-state index is 5.84. The summed E-state index contributed by atoms with van der Waals surface area (Å²) in [6, 6.07) is 13.7. The first-order valence-electron chi connectivity index (χ1n) is 8.09. The van der Waals surface area contributed by atoms with Crippen molar-refractivity contribution in [1.82, 2.24) is 10.2 Å². The Hall–Kier alpha value is -2.82. The fourth-order valence-electron chi connectivity index (χ4n) is 2.54. The van der Waals surface area contributed by atoms with Gasteiger partial charge in [0.2, 0.25) is 11.8 Å². The molecule has 0 bridgehead atoms. The van der Waals surface area contributed by atoms with E-state index in [4.69, 9.17) is 13.9 Å². The molecule has 0 aliphatic rings. The minimum Gasteiger partial charge on any atom is -0.493 e. The first kappa shape index (κ1) is 17.0. The van der Waals surface area contributed by atoms with E-state index >= 15 is 0 Å². The van der Waals surface area contributed by atoms with Gasteiger partial charge in [0, 0.05) is 11.1 Å². The number of benzene rings is 2. The molecule has 25 heavy (non-hydrogen) atoms. The van der Waals surface area contributed by atoms with E-state index in [9.17, 15) is 0 Å². The maximum Gasteiger partial charge on any atom is 0.248 e. The Balaban J connectivity index is 1.90. The molecule has 5 heteroatoms. The molecule has 0 aliphatic carbocycles. The van der Waals surface area contributed by atoms with Gasteiger partial charge in [0.15, 0.2) is 11.5 Å². The zero-order valence-corrected chi connectivity index (χ0v) is 15.2. The zero-order valence-electron chi connectivity index (χ0n) is 15.2. The Labute approximate surface area is 147 Å². The van der Waals surface area contributed by atoms with Crippen LogP contribution in [0.2, 0.25) is 0 Å². The lowest BCUT2D eigenvalue weighted by molar-refractivity contribution is 0.355. The van der Waals surface area contributed by atoms with E-state index in [0.29, 0.717) is 23.3 Å². The van der Waals surface area contributed by atoms with Crippen molar-refractivity contribution in [1.29, 1.82) is 0 Å². The average molecular weight is 338 g/mol. The third-order valence-corrected chi connectivity index (χ3v) is 4.05. The molecule has 0 N–H and O–H groups in total. The van der Waals surface area contributed by atoms with Gasteiger partial charge in [0.1, 0.15) is 0 Å². The van der Waals surface area contributed by atoms with Crippen LogP contribution in [-0.2, 0) is 5.41 Å². The molecule has 1 heterocycles. The van der Waals surface area contributed by atoms with Gasteiger partial charge >= 0.3 is 0 Å². The van der Waals surface area contributed by atoms with Crippen LogP contribution < -0.4 is 9.47 Å². The summed E-state index contributed by atoms with van der Waals surface area (Å²) in [5.41, 5.74) is 3.05. The van der Waals surface area contributed by atoms with Crippen LogP contribution in [0.25, 0.3) is 22.9 Å². The maximum absolute atomic E-state index is 5.84. The minimum atomic E-state index is 0.109. The summed E-state index contributed by atoms with van der Waals surface area (Å²) in [6.45, 7) is 6.55. The van der Waals surface area contributed by atoms with Crippen molar-refractivity contribution < 1.29 is 13.9 Å². The summed E-state index contributed by atoms with van der Waals surface area (Å²) in [5, 5.41) is 8.32. The highest BCUT2D eigenvalue weighted by Gasteiger charge is 2.16. The molecular formula is C20H22N2O3. The van der Waals surface area contributed by atoms with Gasteiger partial charge in [-0.25, -0.2) is 0 Å². The van der Waals surface area contributed by atoms with E-state index in [1.807, 2.05) is 30.3 Å².